The van der Waals surface area contributed by atoms with E-state index in [-0.39, 0.29) is 49.7 Å². The Kier molecular flexibility index (Phi) is 7.89. The molecule has 4 aromatic rings. The molecule has 5 rings (SSSR count). The molecule has 0 saturated carbocycles. The SMILES string of the molecule is CN1CCN=C1c1cc(S(=O)(=O)c2ccccc2C(N)=O)ccc1Oc1c(F)cnc(Oc2cc(C(=N)N)ccc2O)c1F. The Morgan fingerprint density at radius 2 is 1.80 bits per heavy atom. The van der Waals surface area contributed by atoms with E-state index in [0.717, 1.165) is 6.07 Å². The minimum absolute atomic E-state index is 0.0903. The molecule has 1 aromatic heterocycles. The van der Waals surface area contributed by atoms with Gasteiger partial charge in [-0.05, 0) is 48.5 Å². The van der Waals surface area contributed by atoms with Crippen LogP contribution in [0, 0.1) is 17.0 Å². The zero-order valence-electron chi connectivity index (χ0n) is 22.9. The summed E-state index contributed by atoms with van der Waals surface area (Å²) in [6.45, 7) is 0.848. The molecule has 0 fully saturated rings. The number of halogens is 2. The van der Waals surface area contributed by atoms with Crippen LogP contribution >= 0.6 is 0 Å². The van der Waals surface area contributed by atoms with E-state index in [1.807, 2.05) is 0 Å². The molecule has 3 aromatic carbocycles. The van der Waals surface area contributed by atoms with Crippen molar-refractivity contribution in [3.05, 3.63) is 95.2 Å². The number of nitrogens with two attached hydrogens (primary N) is 2. The van der Waals surface area contributed by atoms with Crippen molar-refractivity contribution in [2.75, 3.05) is 20.1 Å². The third-order valence-corrected chi connectivity index (χ3v) is 8.40. The first-order chi connectivity index (χ1) is 20.9. The number of primary amides is 1. The number of likely N-dealkylation sites (N-methyl/N-ethyl adjacent to an activating group) is 1. The Balaban J connectivity index is 1.58. The number of hydrogen-bond acceptors (Lipinski definition) is 10. The Morgan fingerprint density at radius 3 is 2.48 bits per heavy atom. The number of nitrogen functional groups attached to an aromatic ring is 1. The van der Waals surface area contributed by atoms with E-state index in [0.29, 0.717) is 19.3 Å². The van der Waals surface area contributed by atoms with Gasteiger partial charge in [-0.15, -0.1) is 0 Å². The quantitative estimate of drug-likeness (QED) is 0.159. The van der Waals surface area contributed by atoms with Crippen LogP contribution in [0.5, 0.6) is 28.9 Å². The second-order valence-corrected chi connectivity index (χ2v) is 11.4. The highest BCUT2D eigenvalue weighted by molar-refractivity contribution is 7.91. The third kappa shape index (κ3) is 5.59. The Hall–Kier alpha value is -5.57. The largest absolute Gasteiger partial charge is 0.504 e. The highest BCUT2D eigenvalue weighted by Gasteiger charge is 2.28. The molecule has 0 atom stereocenters. The molecule has 1 amide bonds. The van der Waals surface area contributed by atoms with Crippen LogP contribution in [0.25, 0.3) is 0 Å². The Labute approximate surface area is 249 Å². The van der Waals surface area contributed by atoms with Crippen LogP contribution in [-0.4, -0.2) is 61.1 Å². The van der Waals surface area contributed by atoms with Crippen LogP contribution in [0.4, 0.5) is 8.78 Å². The number of aromatic hydroxyl groups is 1. The fraction of sp³-hybridized carbons (Fsp3) is 0.103. The van der Waals surface area contributed by atoms with Crippen LogP contribution in [0.15, 0.2) is 81.6 Å². The summed E-state index contributed by atoms with van der Waals surface area (Å²) >= 11 is 0. The Bertz CT molecular complexity index is 1970. The average Bonchev–Trinajstić information content (AvgIpc) is 3.42. The fourth-order valence-corrected chi connectivity index (χ4v) is 5.86. The molecule has 2 heterocycles. The number of carbonyl (C=O) groups excluding carboxylic acids is 1. The second-order valence-electron chi connectivity index (χ2n) is 9.50. The van der Waals surface area contributed by atoms with E-state index >= 15 is 4.39 Å². The number of carbonyl (C=O) groups is 1. The van der Waals surface area contributed by atoms with Crippen molar-refractivity contribution in [2.45, 2.75) is 9.79 Å². The van der Waals surface area contributed by atoms with Crippen molar-refractivity contribution in [1.82, 2.24) is 9.88 Å². The number of phenolic OH excluding ortho intramolecular Hbond substituents is 1. The van der Waals surface area contributed by atoms with Gasteiger partial charge in [0.2, 0.25) is 27.3 Å². The number of sulfone groups is 1. The minimum atomic E-state index is -4.30. The van der Waals surface area contributed by atoms with E-state index in [1.54, 1.807) is 11.9 Å². The van der Waals surface area contributed by atoms with Gasteiger partial charge in [-0.2, -0.15) is 4.39 Å². The van der Waals surface area contributed by atoms with Gasteiger partial charge >= 0.3 is 0 Å². The van der Waals surface area contributed by atoms with Gasteiger partial charge in [0.05, 0.1) is 33.7 Å². The van der Waals surface area contributed by atoms with Crippen LogP contribution in [0.3, 0.4) is 0 Å². The number of benzene rings is 3. The summed E-state index contributed by atoms with van der Waals surface area (Å²) in [4.78, 5) is 21.1. The monoisotopic (exact) mass is 622 g/mol. The molecule has 0 bridgehead atoms. The van der Waals surface area contributed by atoms with Crippen LogP contribution < -0.4 is 20.9 Å². The molecule has 6 N–H and O–H groups in total. The van der Waals surface area contributed by atoms with E-state index < -0.39 is 44.8 Å². The smallest absolute Gasteiger partial charge is 0.260 e. The number of ether oxygens (including phenoxy) is 2. The number of nitrogens with one attached hydrogen (secondary N) is 1. The summed E-state index contributed by atoms with van der Waals surface area (Å²) in [6.07, 6.45) is 0.637. The molecule has 0 saturated heterocycles. The molecule has 15 heteroatoms. The van der Waals surface area contributed by atoms with Crippen molar-refractivity contribution in [1.29, 1.82) is 5.41 Å². The van der Waals surface area contributed by atoms with Gasteiger partial charge in [0.25, 0.3) is 5.88 Å². The fourth-order valence-electron chi connectivity index (χ4n) is 4.37. The second kappa shape index (κ2) is 11.6. The van der Waals surface area contributed by atoms with Gasteiger partial charge in [0.1, 0.15) is 17.4 Å². The molecule has 0 radical (unpaired) electrons. The summed E-state index contributed by atoms with van der Waals surface area (Å²) in [6, 6.07) is 12.7. The first-order valence-electron chi connectivity index (χ1n) is 12.8. The number of aromatic nitrogens is 1. The van der Waals surface area contributed by atoms with E-state index in [9.17, 15) is 22.7 Å². The zero-order valence-corrected chi connectivity index (χ0v) is 23.7. The Morgan fingerprint density at radius 1 is 1.05 bits per heavy atom. The predicted molar refractivity (Wildman–Crippen MR) is 154 cm³/mol. The zero-order chi connectivity index (χ0) is 31.8. The maximum absolute atomic E-state index is 15.6. The van der Waals surface area contributed by atoms with Crippen molar-refractivity contribution < 1.29 is 36.6 Å². The maximum atomic E-state index is 15.6. The molecule has 0 aliphatic carbocycles. The number of amides is 1. The highest BCUT2D eigenvalue weighted by atomic mass is 32.2. The summed E-state index contributed by atoms with van der Waals surface area (Å²) in [7, 11) is -2.61. The van der Waals surface area contributed by atoms with Crippen LogP contribution in [-0.2, 0) is 9.84 Å². The number of nitrogens with zero attached hydrogens (tertiary/aromatic N) is 3. The van der Waals surface area contributed by atoms with Gasteiger partial charge < -0.3 is 30.9 Å². The molecular weight excluding hydrogens is 598 g/mol. The molecule has 0 unspecified atom stereocenters. The van der Waals surface area contributed by atoms with Gasteiger partial charge in [-0.1, -0.05) is 12.1 Å². The van der Waals surface area contributed by atoms with Crippen LogP contribution in [0.2, 0.25) is 0 Å². The van der Waals surface area contributed by atoms with Crippen molar-refractivity contribution in [2.24, 2.45) is 16.5 Å². The first-order valence-corrected chi connectivity index (χ1v) is 14.3. The number of hydrogen-bond donors (Lipinski definition) is 4. The maximum Gasteiger partial charge on any atom is 0.260 e. The molecule has 1 aliphatic rings. The highest BCUT2D eigenvalue weighted by Crippen LogP contribution is 2.38. The number of rotatable bonds is 9. The normalized spacial score (nSPS) is 13.0. The van der Waals surface area contributed by atoms with Gasteiger partial charge in [-0.25, -0.2) is 17.8 Å². The average molecular weight is 623 g/mol. The molecule has 12 nitrogen and oxygen atoms in total. The minimum Gasteiger partial charge on any atom is -0.504 e. The van der Waals surface area contributed by atoms with E-state index in [1.165, 1.54) is 54.6 Å². The van der Waals surface area contributed by atoms with Crippen molar-refractivity contribution in [3.8, 4) is 28.9 Å². The lowest BCUT2D eigenvalue weighted by Gasteiger charge is -2.19. The topological polar surface area (TPSA) is 194 Å². The molecule has 1 aliphatic heterocycles. The van der Waals surface area contributed by atoms with E-state index in [4.69, 9.17) is 26.4 Å². The number of pyridine rings is 1. The lowest BCUT2D eigenvalue weighted by Crippen LogP contribution is -2.24. The van der Waals surface area contributed by atoms with Crippen LogP contribution in [0.1, 0.15) is 21.5 Å². The summed E-state index contributed by atoms with van der Waals surface area (Å²) in [5, 5.41) is 17.7. The standard InChI is InChI=1S/C29H24F2N6O6S/c1-37-11-10-35-28(37)18-13-16(44(40,41)23-5-3-2-4-17(23)27(34)39)7-9-21(18)42-25-19(30)14-36-29(24(25)31)43-22-12-15(26(32)33)6-8-20(22)38/h2-9,12-14,38H,10-11H2,1H3,(H3,32,33)(H2,34,39). The molecule has 44 heavy (non-hydrogen) atoms. The third-order valence-electron chi connectivity index (χ3n) is 6.59. The van der Waals surface area contributed by atoms with Gasteiger partial charge in [-0.3, -0.25) is 15.2 Å². The lowest BCUT2D eigenvalue weighted by atomic mass is 10.1. The molecular formula is C29H24F2N6O6S. The predicted octanol–water partition coefficient (Wildman–Crippen LogP) is 3.56. The number of aliphatic imine (C=N–C) groups is 1. The molecule has 0 spiro atoms. The first kappa shape index (κ1) is 29.9. The number of phenols is 1. The van der Waals surface area contributed by atoms with Gasteiger partial charge in [0, 0.05) is 19.2 Å². The lowest BCUT2D eigenvalue weighted by molar-refractivity contribution is 0.0997. The summed E-state index contributed by atoms with van der Waals surface area (Å²) in [5.74, 6) is -6.18. The van der Waals surface area contributed by atoms with Gasteiger partial charge in [0.15, 0.2) is 17.3 Å². The number of amidine groups is 2. The molecule has 226 valence electrons. The summed E-state index contributed by atoms with van der Waals surface area (Å²) < 4.78 is 68.8. The summed E-state index contributed by atoms with van der Waals surface area (Å²) in [5.41, 5.74) is 10.9. The van der Waals surface area contributed by atoms with Crippen molar-refractivity contribution in [3.63, 3.8) is 0 Å². The van der Waals surface area contributed by atoms with Crippen molar-refractivity contribution >= 4 is 27.4 Å². The van der Waals surface area contributed by atoms with E-state index in [2.05, 4.69) is 9.98 Å².